The Morgan fingerprint density at radius 1 is 1.12 bits per heavy atom. The van der Waals surface area contributed by atoms with Gasteiger partial charge in [-0.2, -0.15) is 5.10 Å². The molecule has 0 unspecified atom stereocenters. The van der Waals surface area contributed by atoms with E-state index in [4.69, 9.17) is 11.5 Å². The molecule has 2 rings (SSSR count). The van der Waals surface area contributed by atoms with E-state index in [1.807, 2.05) is 0 Å². The molecule has 0 bridgehead atoms. The lowest BCUT2D eigenvalue weighted by atomic mass is 10.1. The molecule has 84 valence electrons. The van der Waals surface area contributed by atoms with Gasteiger partial charge in [0.05, 0.1) is 5.71 Å². The van der Waals surface area contributed by atoms with Gasteiger partial charge < -0.3 is 11.5 Å². The topological polar surface area (TPSA) is 76.8 Å². The summed E-state index contributed by atoms with van der Waals surface area (Å²) in [5.74, 6) is 0.0644. The Bertz CT molecular complexity index is 428. The molecule has 0 heterocycles. The maximum Gasteiger partial charge on any atom is 0.211 e. The van der Waals surface area contributed by atoms with E-state index in [9.17, 15) is 4.39 Å². The van der Waals surface area contributed by atoms with Gasteiger partial charge in [0.15, 0.2) is 0 Å². The number of nitrogens with zero attached hydrogens (tertiary/aromatic N) is 2. The molecule has 0 amide bonds. The second-order valence-corrected chi connectivity index (χ2v) is 3.79. The van der Waals surface area contributed by atoms with E-state index in [-0.39, 0.29) is 11.8 Å². The van der Waals surface area contributed by atoms with Crippen LogP contribution in [0.15, 0.2) is 34.5 Å². The fourth-order valence-electron chi connectivity index (χ4n) is 1.46. The highest BCUT2D eigenvalue weighted by molar-refractivity contribution is 6.03. The Hall–Kier alpha value is -1.91. The first-order valence-electron chi connectivity index (χ1n) is 5.09. The molecule has 1 aromatic rings. The first-order chi connectivity index (χ1) is 7.66. The summed E-state index contributed by atoms with van der Waals surface area (Å²) in [6, 6.07) is 6.19. The Morgan fingerprint density at radius 2 is 1.75 bits per heavy atom. The van der Waals surface area contributed by atoms with Crippen molar-refractivity contribution in [2.45, 2.75) is 12.8 Å². The van der Waals surface area contributed by atoms with Gasteiger partial charge in [-0.3, -0.25) is 0 Å². The summed E-state index contributed by atoms with van der Waals surface area (Å²) in [6.45, 7) is 0. The monoisotopic (exact) mass is 220 g/mol. The van der Waals surface area contributed by atoms with Crippen molar-refractivity contribution in [2.75, 3.05) is 0 Å². The van der Waals surface area contributed by atoms with E-state index in [2.05, 4.69) is 10.2 Å². The van der Waals surface area contributed by atoms with Crippen molar-refractivity contribution in [1.29, 1.82) is 0 Å². The molecule has 16 heavy (non-hydrogen) atoms. The fraction of sp³-hybridized carbons (Fsp3) is 0.273. The Morgan fingerprint density at radius 3 is 2.25 bits per heavy atom. The molecule has 0 atom stereocenters. The van der Waals surface area contributed by atoms with E-state index in [1.54, 1.807) is 12.1 Å². The maximum atomic E-state index is 12.8. The molecule has 4 nitrogen and oxygen atoms in total. The lowest BCUT2D eigenvalue weighted by molar-refractivity contribution is 0.627. The third-order valence-corrected chi connectivity index (χ3v) is 2.38. The van der Waals surface area contributed by atoms with Crippen LogP contribution in [0.4, 0.5) is 4.39 Å². The largest absolute Gasteiger partial charge is 0.369 e. The van der Waals surface area contributed by atoms with E-state index >= 15 is 0 Å². The summed E-state index contributed by atoms with van der Waals surface area (Å²) < 4.78 is 12.8. The summed E-state index contributed by atoms with van der Waals surface area (Å²) in [5.41, 5.74) is 12.1. The van der Waals surface area contributed by atoms with Crippen LogP contribution in [-0.2, 0) is 0 Å². The zero-order chi connectivity index (χ0) is 11.5. The second kappa shape index (κ2) is 4.30. The zero-order valence-corrected chi connectivity index (χ0v) is 8.73. The van der Waals surface area contributed by atoms with Gasteiger partial charge in [-0.05, 0) is 30.5 Å². The number of hydrogen-bond acceptors (Lipinski definition) is 2. The SMILES string of the molecule is NC(N)=N/N=C(\c1ccc(F)cc1)C1CC1. The van der Waals surface area contributed by atoms with E-state index < -0.39 is 0 Å². The molecular formula is C11H13FN4. The Labute approximate surface area is 92.9 Å². The van der Waals surface area contributed by atoms with Crippen molar-refractivity contribution in [1.82, 2.24) is 0 Å². The summed E-state index contributed by atoms with van der Waals surface area (Å²) >= 11 is 0. The van der Waals surface area contributed by atoms with Gasteiger partial charge in [-0.1, -0.05) is 12.1 Å². The molecule has 0 radical (unpaired) electrons. The van der Waals surface area contributed by atoms with Crippen LogP contribution in [0.2, 0.25) is 0 Å². The van der Waals surface area contributed by atoms with E-state index in [1.165, 1.54) is 12.1 Å². The average molecular weight is 220 g/mol. The third kappa shape index (κ3) is 2.56. The molecule has 1 aliphatic rings. The van der Waals surface area contributed by atoms with Crippen molar-refractivity contribution in [2.24, 2.45) is 27.6 Å². The van der Waals surface area contributed by atoms with Crippen LogP contribution in [0.25, 0.3) is 0 Å². The van der Waals surface area contributed by atoms with E-state index in [0.717, 1.165) is 24.1 Å². The quantitative estimate of drug-likeness (QED) is 0.456. The molecule has 1 saturated carbocycles. The highest BCUT2D eigenvalue weighted by Gasteiger charge is 2.28. The molecule has 4 N–H and O–H groups in total. The van der Waals surface area contributed by atoms with Crippen LogP contribution in [0.1, 0.15) is 18.4 Å². The summed E-state index contributed by atoms with van der Waals surface area (Å²) in [7, 11) is 0. The van der Waals surface area contributed by atoms with Gasteiger partial charge in [-0.15, -0.1) is 5.10 Å². The van der Waals surface area contributed by atoms with Gasteiger partial charge in [0.1, 0.15) is 5.82 Å². The first-order valence-corrected chi connectivity index (χ1v) is 5.09. The Kier molecular flexibility index (Phi) is 2.85. The minimum absolute atomic E-state index is 0.0692. The lowest BCUT2D eigenvalue weighted by Gasteiger charge is -2.02. The number of guanidine groups is 1. The molecule has 1 aromatic carbocycles. The number of nitrogens with two attached hydrogens (primary N) is 2. The Balaban J connectivity index is 2.29. The van der Waals surface area contributed by atoms with Crippen molar-refractivity contribution in [3.63, 3.8) is 0 Å². The number of halogens is 1. The fourth-order valence-corrected chi connectivity index (χ4v) is 1.46. The molecule has 0 spiro atoms. The molecular weight excluding hydrogens is 207 g/mol. The van der Waals surface area contributed by atoms with Gasteiger partial charge in [-0.25, -0.2) is 4.39 Å². The predicted octanol–water partition coefficient (Wildman–Crippen LogP) is 1.21. The van der Waals surface area contributed by atoms with Crippen LogP contribution in [-0.4, -0.2) is 11.7 Å². The van der Waals surface area contributed by atoms with Gasteiger partial charge in [0.25, 0.3) is 0 Å². The van der Waals surface area contributed by atoms with Crippen LogP contribution < -0.4 is 11.5 Å². The second-order valence-electron chi connectivity index (χ2n) is 3.79. The molecule has 1 aliphatic carbocycles. The molecule has 0 aromatic heterocycles. The standard InChI is InChI=1S/C11H13FN4/c12-9-5-3-8(4-6-9)10(7-1-2-7)15-16-11(13)14/h3-7H,1-2H2,(H4,13,14,16)/b15-10-. The minimum Gasteiger partial charge on any atom is -0.369 e. The minimum atomic E-state index is -0.263. The molecule has 5 heteroatoms. The first kappa shape index (κ1) is 10.6. The number of benzene rings is 1. The zero-order valence-electron chi connectivity index (χ0n) is 8.73. The predicted molar refractivity (Wildman–Crippen MR) is 61.5 cm³/mol. The number of rotatable bonds is 3. The van der Waals surface area contributed by atoms with Crippen LogP contribution in [0.5, 0.6) is 0 Å². The summed E-state index contributed by atoms with van der Waals surface area (Å²) in [5, 5.41) is 7.67. The summed E-state index contributed by atoms with van der Waals surface area (Å²) in [6.07, 6.45) is 2.16. The van der Waals surface area contributed by atoms with Crippen LogP contribution in [0, 0.1) is 11.7 Å². The van der Waals surface area contributed by atoms with Gasteiger partial charge >= 0.3 is 0 Å². The van der Waals surface area contributed by atoms with Crippen molar-refractivity contribution >= 4 is 11.7 Å². The van der Waals surface area contributed by atoms with Crippen LogP contribution >= 0.6 is 0 Å². The van der Waals surface area contributed by atoms with Crippen molar-refractivity contribution in [3.05, 3.63) is 35.6 Å². The highest BCUT2D eigenvalue weighted by atomic mass is 19.1. The smallest absolute Gasteiger partial charge is 0.211 e. The normalized spacial score (nSPS) is 15.9. The van der Waals surface area contributed by atoms with Gasteiger partial charge in [0, 0.05) is 5.92 Å². The summed E-state index contributed by atoms with van der Waals surface area (Å²) in [4.78, 5) is 0. The average Bonchev–Trinajstić information content (AvgIpc) is 3.04. The van der Waals surface area contributed by atoms with Crippen molar-refractivity contribution < 1.29 is 4.39 Å². The van der Waals surface area contributed by atoms with E-state index in [0.29, 0.717) is 5.92 Å². The third-order valence-electron chi connectivity index (χ3n) is 2.38. The molecule has 1 fully saturated rings. The molecule has 0 aliphatic heterocycles. The lowest BCUT2D eigenvalue weighted by Crippen LogP contribution is -2.22. The highest BCUT2D eigenvalue weighted by Crippen LogP contribution is 2.33. The van der Waals surface area contributed by atoms with Crippen LogP contribution in [0.3, 0.4) is 0 Å². The number of hydrogen-bond donors (Lipinski definition) is 2. The maximum absolute atomic E-state index is 12.8. The molecule has 0 saturated heterocycles. The van der Waals surface area contributed by atoms with Gasteiger partial charge in [0.2, 0.25) is 5.96 Å². The van der Waals surface area contributed by atoms with Crippen molar-refractivity contribution in [3.8, 4) is 0 Å².